The molecule has 3 N–H and O–H groups in total. The Hall–Kier alpha value is -3.95. The standard InChI is InChI=1S/C22H21F3N4O3/c1-26-21(28-14-16-5-2-3-6-18(16)32-22(23,24)25)27-13-15-8-10-17(11-9-15)29-20(30)19-7-4-12-31-19/h2-12H,13-14H2,1H3,(H,29,30)(H2,26,27,28). The van der Waals surface area contributed by atoms with Gasteiger partial charge in [0.2, 0.25) is 0 Å². The Morgan fingerprint density at radius 1 is 1.00 bits per heavy atom. The molecule has 168 valence electrons. The van der Waals surface area contributed by atoms with Gasteiger partial charge in [0.1, 0.15) is 5.75 Å². The van der Waals surface area contributed by atoms with Gasteiger partial charge in [-0.2, -0.15) is 0 Å². The van der Waals surface area contributed by atoms with Crippen LogP contribution in [0.5, 0.6) is 5.75 Å². The van der Waals surface area contributed by atoms with Gasteiger partial charge in [0, 0.05) is 31.4 Å². The summed E-state index contributed by atoms with van der Waals surface area (Å²) in [7, 11) is 1.56. The minimum Gasteiger partial charge on any atom is -0.459 e. The summed E-state index contributed by atoms with van der Waals surface area (Å²) in [6.45, 7) is 0.496. The quantitative estimate of drug-likeness (QED) is 0.372. The number of furan rings is 1. The number of amides is 1. The van der Waals surface area contributed by atoms with E-state index in [2.05, 4.69) is 25.7 Å². The Balaban J connectivity index is 1.51. The Bertz CT molecular complexity index is 1050. The second-order valence-electron chi connectivity index (χ2n) is 6.56. The number of guanidine groups is 1. The number of hydrogen-bond acceptors (Lipinski definition) is 4. The van der Waals surface area contributed by atoms with Crippen LogP contribution in [0.25, 0.3) is 0 Å². The molecule has 0 saturated carbocycles. The number of alkyl halides is 3. The summed E-state index contributed by atoms with van der Waals surface area (Å²) in [5.41, 5.74) is 1.85. The number of ether oxygens (including phenoxy) is 1. The van der Waals surface area contributed by atoms with E-state index in [1.54, 1.807) is 37.4 Å². The van der Waals surface area contributed by atoms with Crippen LogP contribution in [0, 0.1) is 0 Å². The van der Waals surface area contributed by atoms with Crippen molar-refractivity contribution in [1.29, 1.82) is 0 Å². The summed E-state index contributed by atoms with van der Waals surface area (Å²) in [4.78, 5) is 16.1. The normalized spacial score (nSPS) is 11.7. The molecule has 0 aliphatic heterocycles. The molecule has 0 bridgehead atoms. The van der Waals surface area contributed by atoms with Gasteiger partial charge in [-0.05, 0) is 35.9 Å². The van der Waals surface area contributed by atoms with Crippen LogP contribution < -0.4 is 20.7 Å². The van der Waals surface area contributed by atoms with Crippen molar-refractivity contribution >= 4 is 17.6 Å². The topological polar surface area (TPSA) is 87.9 Å². The van der Waals surface area contributed by atoms with Crippen LogP contribution in [0.4, 0.5) is 18.9 Å². The van der Waals surface area contributed by atoms with Crippen LogP contribution in [-0.4, -0.2) is 25.3 Å². The third-order valence-electron chi connectivity index (χ3n) is 4.28. The lowest BCUT2D eigenvalue weighted by Crippen LogP contribution is -2.36. The molecule has 2 aromatic carbocycles. The minimum atomic E-state index is -4.76. The fourth-order valence-corrected chi connectivity index (χ4v) is 2.77. The third-order valence-corrected chi connectivity index (χ3v) is 4.28. The van der Waals surface area contributed by atoms with Gasteiger partial charge in [-0.1, -0.05) is 30.3 Å². The predicted molar refractivity (Wildman–Crippen MR) is 113 cm³/mol. The molecule has 10 heteroatoms. The van der Waals surface area contributed by atoms with Gasteiger partial charge in [-0.15, -0.1) is 13.2 Å². The first-order chi connectivity index (χ1) is 15.3. The number of hydrogen-bond donors (Lipinski definition) is 3. The van der Waals surface area contributed by atoms with Crippen LogP contribution in [0.1, 0.15) is 21.7 Å². The van der Waals surface area contributed by atoms with Gasteiger partial charge >= 0.3 is 6.36 Å². The Kier molecular flexibility index (Phi) is 7.37. The van der Waals surface area contributed by atoms with Gasteiger partial charge in [0.15, 0.2) is 11.7 Å². The lowest BCUT2D eigenvalue weighted by Gasteiger charge is -2.15. The summed E-state index contributed by atoms with van der Waals surface area (Å²) >= 11 is 0. The molecule has 0 unspecified atom stereocenters. The molecule has 1 amide bonds. The Labute approximate surface area is 182 Å². The fourth-order valence-electron chi connectivity index (χ4n) is 2.77. The first-order valence-corrected chi connectivity index (χ1v) is 9.56. The zero-order valence-electron chi connectivity index (χ0n) is 17.1. The highest BCUT2D eigenvalue weighted by atomic mass is 19.4. The summed E-state index contributed by atoms with van der Waals surface area (Å²) < 4.78 is 46.8. The van der Waals surface area contributed by atoms with Crippen LogP contribution in [0.3, 0.4) is 0 Å². The van der Waals surface area contributed by atoms with E-state index in [4.69, 9.17) is 4.42 Å². The lowest BCUT2D eigenvalue weighted by molar-refractivity contribution is -0.274. The molecule has 1 heterocycles. The monoisotopic (exact) mass is 446 g/mol. The van der Waals surface area contributed by atoms with E-state index in [0.29, 0.717) is 23.8 Å². The molecular weight excluding hydrogens is 425 g/mol. The average molecular weight is 446 g/mol. The number of anilines is 1. The highest BCUT2D eigenvalue weighted by molar-refractivity contribution is 6.02. The van der Waals surface area contributed by atoms with E-state index in [1.165, 1.54) is 24.5 Å². The molecule has 3 rings (SSSR count). The number of rotatable bonds is 7. The lowest BCUT2D eigenvalue weighted by atomic mass is 10.2. The van der Waals surface area contributed by atoms with Crippen molar-refractivity contribution in [3.63, 3.8) is 0 Å². The largest absolute Gasteiger partial charge is 0.573 e. The van der Waals surface area contributed by atoms with Crippen molar-refractivity contribution in [2.45, 2.75) is 19.5 Å². The van der Waals surface area contributed by atoms with Crippen molar-refractivity contribution in [3.8, 4) is 5.75 Å². The number of aliphatic imine (C=N–C) groups is 1. The first-order valence-electron chi connectivity index (χ1n) is 9.56. The third kappa shape index (κ3) is 6.79. The molecule has 1 aromatic heterocycles. The molecule has 0 atom stereocenters. The fraction of sp³-hybridized carbons (Fsp3) is 0.182. The van der Waals surface area contributed by atoms with Crippen LogP contribution in [0.2, 0.25) is 0 Å². The van der Waals surface area contributed by atoms with E-state index in [0.717, 1.165) is 5.56 Å². The molecule has 3 aromatic rings. The maximum Gasteiger partial charge on any atom is 0.573 e. The highest BCUT2D eigenvalue weighted by Crippen LogP contribution is 2.26. The van der Waals surface area contributed by atoms with Gasteiger partial charge in [-0.25, -0.2) is 0 Å². The molecule has 32 heavy (non-hydrogen) atoms. The van der Waals surface area contributed by atoms with E-state index < -0.39 is 6.36 Å². The zero-order valence-corrected chi connectivity index (χ0v) is 17.1. The van der Waals surface area contributed by atoms with E-state index in [9.17, 15) is 18.0 Å². The molecule has 0 fully saturated rings. The maximum absolute atomic E-state index is 12.6. The molecule has 0 aliphatic carbocycles. The number of carbonyl (C=O) groups is 1. The van der Waals surface area contributed by atoms with E-state index >= 15 is 0 Å². The zero-order chi connectivity index (χ0) is 23.0. The van der Waals surface area contributed by atoms with Crippen LogP contribution in [-0.2, 0) is 13.1 Å². The number of halogens is 3. The van der Waals surface area contributed by atoms with E-state index in [1.807, 2.05) is 12.1 Å². The Morgan fingerprint density at radius 3 is 2.38 bits per heavy atom. The number of benzene rings is 2. The summed E-state index contributed by atoms with van der Waals surface area (Å²) in [5.74, 6) is 0.00485. The molecular formula is C22H21F3N4O3. The van der Waals surface area contributed by atoms with E-state index in [-0.39, 0.29) is 24.0 Å². The molecule has 7 nitrogen and oxygen atoms in total. The minimum absolute atomic E-state index is 0.0870. The smallest absolute Gasteiger partial charge is 0.459 e. The van der Waals surface area contributed by atoms with Crippen LogP contribution >= 0.6 is 0 Å². The number of carbonyl (C=O) groups excluding carboxylic acids is 1. The summed E-state index contributed by atoms with van der Waals surface area (Å²) in [6.07, 6.45) is -3.34. The maximum atomic E-state index is 12.6. The van der Waals surface area contributed by atoms with Crippen molar-refractivity contribution in [2.75, 3.05) is 12.4 Å². The van der Waals surface area contributed by atoms with Crippen LogP contribution in [0.15, 0.2) is 76.3 Å². The van der Waals surface area contributed by atoms with Crippen molar-refractivity contribution in [1.82, 2.24) is 10.6 Å². The second kappa shape index (κ2) is 10.4. The number of nitrogens with one attached hydrogen (secondary N) is 3. The first kappa shape index (κ1) is 22.7. The summed E-state index contributed by atoms with van der Waals surface area (Å²) in [6, 6.07) is 16.2. The predicted octanol–water partition coefficient (Wildman–Crippen LogP) is 4.30. The summed E-state index contributed by atoms with van der Waals surface area (Å²) in [5, 5.41) is 8.77. The number of nitrogens with zero attached hydrogens (tertiary/aromatic N) is 1. The van der Waals surface area contributed by atoms with Gasteiger partial charge in [-0.3, -0.25) is 9.79 Å². The van der Waals surface area contributed by atoms with Crippen molar-refractivity contribution in [3.05, 3.63) is 83.8 Å². The Morgan fingerprint density at radius 2 is 1.72 bits per heavy atom. The SMILES string of the molecule is CN=C(NCc1ccc(NC(=O)c2ccco2)cc1)NCc1ccccc1OC(F)(F)F. The van der Waals surface area contributed by atoms with Gasteiger partial charge < -0.3 is 25.1 Å². The van der Waals surface area contributed by atoms with Crippen molar-refractivity contribution < 1.29 is 27.1 Å². The van der Waals surface area contributed by atoms with Gasteiger partial charge in [0.05, 0.1) is 6.26 Å². The molecule has 0 aliphatic rings. The van der Waals surface area contributed by atoms with Gasteiger partial charge in [0.25, 0.3) is 5.91 Å². The molecule has 0 radical (unpaired) electrons. The average Bonchev–Trinajstić information content (AvgIpc) is 3.30. The molecule has 0 spiro atoms. The molecule has 0 saturated heterocycles. The highest BCUT2D eigenvalue weighted by Gasteiger charge is 2.31. The number of para-hydroxylation sites is 1. The second-order valence-corrected chi connectivity index (χ2v) is 6.56. The van der Waals surface area contributed by atoms with Crippen molar-refractivity contribution in [2.24, 2.45) is 4.99 Å².